The third kappa shape index (κ3) is 4.21. The van der Waals surface area contributed by atoms with Crippen LogP contribution in [0.1, 0.15) is 17.3 Å². The molecule has 0 atom stereocenters. The molecule has 1 aromatic carbocycles. The van der Waals surface area contributed by atoms with E-state index in [1.54, 1.807) is 21.9 Å². The molecule has 0 fully saturated rings. The number of hydrogen-bond donors (Lipinski definition) is 0. The van der Waals surface area contributed by atoms with Crippen LogP contribution in [-0.4, -0.2) is 35.8 Å². The first-order chi connectivity index (χ1) is 8.69. The van der Waals surface area contributed by atoms with Crippen LogP contribution in [-0.2, 0) is 0 Å². The summed E-state index contributed by atoms with van der Waals surface area (Å²) in [4.78, 5) is 15.6. The van der Waals surface area contributed by atoms with Gasteiger partial charge in [0.15, 0.2) is 5.78 Å². The molecule has 19 heavy (non-hydrogen) atoms. The van der Waals surface area contributed by atoms with Crippen LogP contribution >= 0.6 is 0 Å². The molecule has 1 heterocycles. The second kappa shape index (κ2) is 7.09. The third-order valence-corrected chi connectivity index (χ3v) is 2.54. The molecule has 1 aromatic rings. The van der Waals surface area contributed by atoms with E-state index in [4.69, 9.17) is 4.74 Å². The number of rotatable bonds is 5. The van der Waals surface area contributed by atoms with Gasteiger partial charge < -0.3 is 21.7 Å². The summed E-state index contributed by atoms with van der Waals surface area (Å²) in [7, 11) is 1.87. The van der Waals surface area contributed by atoms with Gasteiger partial charge in [-0.25, -0.2) is 0 Å². The number of ether oxygens (including phenoxy) is 1. The second-order valence-electron chi connectivity index (χ2n) is 4.02. The predicted molar refractivity (Wildman–Crippen MR) is 68.8 cm³/mol. The Labute approximate surface area is 124 Å². The zero-order valence-electron chi connectivity index (χ0n) is 11.0. The lowest BCUT2D eigenvalue weighted by Gasteiger charge is -2.06. The van der Waals surface area contributed by atoms with Crippen LogP contribution in [0.15, 0.2) is 36.7 Å². The van der Waals surface area contributed by atoms with E-state index < -0.39 is 0 Å². The fraction of sp³-hybridized carbons (Fsp3) is 0.286. The first-order valence-corrected chi connectivity index (χ1v) is 5.89. The van der Waals surface area contributed by atoms with E-state index >= 15 is 0 Å². The molecule has 0 unspecified atom stereocenters. The van der Waals surface area contributed by atoms with Crippen molar-refractivity contribution in [1.82, 2.24) is 9.80 Å². The molecule has 0 saturated heterocycles. The van der Waals surface area contributed by atoms with Crippen LogP contribution in [0.5, 0.6) is 5.75 Å². The predicted octanol–water partition coefficient (Wildman–Crippen LogP) is -1.01. The normalized spacial score (nSPS) is 12.9. The van der Waals surface area contributed by atoms with Gasteiger partial charge in [-0.05, 0) is 19.1 Å². The van der Waals surface area contributed by atoms with Crippen molar-refractivity contribution in [3.63, 3.8) is 0 Å². The lowest BCUT2D eigenvalue weighted by atomic mass is 10.1. The summed E-state index contributed by atoms with van der Waals surface area (Å²) in [5.74, 6) is 0.773. The van der Waals surface area contributed by atoms with E-state index in [-0.39, 0.29) is 29.3 Å². The number of halogens is 1. The van der Waals surface area contributed by atoms with Crippen LogP contribution in [0.3, 0.4) is 0 Å². The number of hydrogen-bond acceptors (Lipinski definition) is 4. The van der Waals surface area contributed by atoms with Crippen molar-refractivity contribution >= 4 is 5.78 Å². The third-order valence-electron chi connectivity index (χ3n) is 2.54. The summed E-state index contributed by atoms with van der Waals surface area (Å²) >= 11 is 0. The Morgan fingerprint density at radius 1 is 1.37 bits per heavy atom. The van der Waals surface area contributed by atoms with Gasteiger partial charge in [-0.3, -0.25) is 4.79 Å². The Morgan fingerprint density at radius 2 is 2.16 bits per heavy atom. The van der Waals surface area contributed by atoms with Gasteiger partial charge in [-0.2, -0.15) is 0 Å². The van der Waals surface area contributed by atoms with Gasteiger partial charge in [-0.1, -0.05) is 12.1 Å². The minimum atomic E-state index is 0. The van der Waals surface area contributed by atoms with Gasteiger partial charge in [0.2, 0.25) is 0 Å². The smallest absolute Gasteiger partial charge is 0.564 e. The van der Waals surface area contributed by atoms with Crippen molar-refractivity contribution in [2.75, 3.05) is 20.2 Å². The number of ketones is 1. The summed E-state index contributed by atoms with van der Waals surface area (Å²) in [6.07, 6.45) is 3.67. The summed E-state index contributed by atoms with van der Waals surface area (Å²) in [6, 6.07) is 7.25. The van der Waals surface area contributed by atoms with Gasteiger partial charge >= 0.3 is 6.67 Å². The highest BCUT2D eigenvalue weighted by Crippen LogP contribution is 2.15. The van der Waals surface area contributed by atoms with Crippen molar-refractivity contribution in [3.8, 4) is 5.75 Å². The molecule has 0 amide bonds. The fourth-order valence-electron chi connectivity index (χ4n) is 1.71. The van der Waals surface area contributed by atoms with Crippen molar-refractivity contribution in [3.05, 3.63) is 48.9 Å². The summed E-state index contributed by atoms with van der Waals surface area (Å²) < 4.78 is 5.38. The molecule has 4 nitrogen and oxygen atoms in total. The number of benzene rings is 1. The Balaban J connectivity index is 0.00000180. The highest BCUT2D eigenvalue weighted by atomic mass is 79.9. The second-order valence-corrected chi connectivity index (χ2v) is 4.02. The van der Waals surface area contributed by atoms with Crippen molar-refractivity contribution < 1.29 is 26.5 Å². The molecular formula is C14H16BrN2O2. The summed E-state index contributed by atoms with van der Waals surface area (Å²) in [6.45, 7) is 5.80. The Bertz CT molecular complexity index is 463. The molecule has 0 N–H and O–H groups in total. The monoisotopic (exact) mass is 323 g/mol. The number of carbonyl (C=O) groups excluding carboxylic acids is 1. The van der Waals surface area contributed by atoms with Gasteiger partial charge in [-0.15, -0.1) is 9.80 Å². The molecule has 0 saturated carbocycles. The van der Waals surface area contributed by atoms with E-state index in [0.29, 0.717) is 12.2 Å². The zero-order chi connectivity index (χ0) is 13.0. The number of Topliss-reactive ketones (excluding diaryl/α,β-unsaturated/α-hetero) is 1. The topological polar surface area (TPSA) is 32.8 Å². The first kappa shape index (κ1) is 15.4. The quantitative estimate of drug-likeness (QED) is 0.513. The van der Waals surface area contributed by atoms with E-state index in [9.17, 15) is 4.79 Å². The van der Waals surface area contributed by atoms with Crippen molar-refractivity contribution in [2.24, 2.45) is 0 Å². The van der Waals surface area contributed by atoms with Crippen molar-refractivity contribution in [1.29, 1.82) is 0 Å². The first-order valence-electron chi connectivity index (χ1n) is 5.89. The summed E-state index contributed by atoms with van der Waals surface area (Å²) in [5.41, 5.74) is 0.658. The van der Waals surface area contributed by atoms with E-state index in [2.05, 4.69) is 6.67 Å². The van der Waals surface area contributed by atoms with Crippen LogP contribution in [0.2, 0.25) is 0 Å². The lowest BCUT2D eigenvalue weighted by molar-refractivity contribution is -0.0000121. The number of nitrogens with zero attached hydrogens (tertiary/aromatic N) is 2. The van der Waals surface area contributed by atoms with Crippen LogP contribution < -0.4 is 21.7 Å². The molecule has 1 aliphatic heterocycles. The lowest BCUT2D eigenvalue weighted by Crippen LogP contribution is -3.00. The standard InChI is InChI=1S/C14H16N2O2.BrH/c1-3-18-13-6-4-5-12(9-13)14(17)10-16-8-7-15(2)11-16;/h4-9H,3,10H2,1-2H3;1H/q+1;/p-1. The van der Waals surface area contributed by atoms with Gasteiger partial charge in [0, 0.05) is 5.56 Å². The maximum atomic E-state index is 12.1. The maximum Gasteiger partial charge on any atom is 0.564 e. The number of carbonyl (C=O) groups is 1. The molecule has 5 heteroatoms. The molecular weight excluding hydrogens is 308 g/mol. The van der Waals surface area contributed by atoms with Gasteiger partial charge in [0.1, 0.15) is 12.3 Å². The maximum absolute atomic E-state index is 12.1. The van der Waals surface area contributed by atoms with Crippen LogP contribution in [0.4, 0.5) is 0 Å². The molecule has 1 aliphatic rings. The van der Waals surface area contributed by atoms with Gasteiger partial charge in [0.25, 0.3) is 0 Å². The van der Waals surface area contributed by atoms with Crippen LogP contribution in [0, 0.1) is 6.67 Å². The molecule has 101 valence electrons. The molecule has 0 aliphatic carbocycles. The van der Waals surface area contributed by atoms with E-state index in [1.165, 1.54) is 0 Å². The Kier molecular flexibility index (Phi) is 5.76. The van der Waals surface area contributed by atoms with Gasteiger partial charge in [0.05, 0.1) is 26.1 Å². The zero-order valence-corrected chi connectivity index (χ0v) is 12.6. The largest absolute Gasteiger partial charge is 1.00 e. The minimum Gasteiger partial charge on any atom is -1.00 e. The van der Waals surface area contributed by atoms with E-state index in [0.717, 1.165) is 5.75 Å². The highest BCUT2D eigenvalue weighted by molar-refractivity contribution is 5.98. The Morgan fingerprint density at radius 3 is 2.79 bits per heavy atom. The molecule has 0 bridgehead atoms. The van der Waals surface area contributed by atoms with E-state index in [1.807, 2.05) is 38.5 Å². The fourth-order valence-corrected chi connectivity index (χ4v) is 1.71. The van der Waals surface area contributed by atoms with Crippen LogP contribution in [0.25, 0.3) is 0 Å². The average molecular weight is 324 g/mol. The summed E-state index contributed by atoms with van der Waals surface area (Å²) in [5, 5.41) is 0. The average Bonchev–Trinajstić information content (AvgIpc) is 2.75. The molecule has 1 radical (unpaired) electrons. The SMILES string of the molecule is CCOc1cccc(C(=O)CN2[C+]N(C)C=C2)c1.[Br-]. The minimum absolute atomic E-state index is 0. The Hall–Kier alpha value is -1.62. The molecule has 2 rings (SSSR count). The highest BCUT2D eigenvalue weighted by Gasteiger charge is 2.29. The molecule has 0 aromatic heterocycles. The van der Waals surface area contributed by atoms with Crippen molar-refractivity contribution in [2.45, 2.75) is 6.92 Å². The molecule has 0 spiro atoms.